The Bertz CT molecular complexity index is 927. The maximum absolute atomic E-state index is 12.3. The van der Waals surface area contributed by atoms with Crippen LogP contribution in [-0.2, 0) is 14.3 Å². The van der Waals surface area contributed by atoms with Gasteiger partial charge in [0.05, 0.1) is 0 Å². The summed E-state index contributed by atoms with van der Waals surface area (Å²) >= 11 is 0. The fourth-order valence-electron chi connectivity index (χ4n) is 2.70. The number of anilines is 1. The molecular formula is C21H22N2O6. The lowest BCUT2D eigenvalue weighted by molar-refractivity contribution is -0.152. The van der Waals surface area contributed by atoms with Crippen LogP contribution in [0.5, 0.6) is 11.5 Å². The summed E-state index contributed by atoms with van der Waals surface area (Å²) in [6, 6.07) is 12.0. The van der Waals surface area contributed by atoms with Gasteiger partial charge in [-0.2, -0.15) is 0 Å². The van der Waals surface area contributed by atoms with E-state index in [9.17, 15) is 14.4 Å². The Labute approximate surface area is 168 Å². The molecule has 2 N–H and O–H groups in total. The second-order valence-electron chi connectivity index (χ2n) is 6.53. The van der Waals surface area contributed by atoms with Gasteiger partial charge in [-0.3, -0.25) is 14.4 Å². The van der Waals surface area contributed by atoms with Crippen molar-refractivity contribution in [2.75, 3.05) is 25.1 Å². The van der Waals surface area contributed by atoms with E-state index in [1.165, 1.54) is 6.92 Å². The number of carbonyl (C=O) groups is 3. The van der Waals surface area contributed by atoms with E-state index in [1.807, 2.05) is 13.0 Å². The van der Waals surface area contributed by atoms with Crippen molar-refractivity contribution >= 4 is 23.5 Å². The monoisotopic (exact) mass is 398 g/mol. The van der Waals surface area contributed by atoms with Crippen LogP contribution in [0.1, 0.15) is 22.8 Å². The van der Waals surface area contributed by atoms with Crippen molar-refractivity contribution in [2.24, 2.45) is 0 Å². The first kappa shape index (κ1) is 20.2. The molecule has 0 spiro atoms. The Hall–Kier alpha value is -3.55. The summed E-state index contributed by atoms with van der Waals surface area (Å²) < 4.78 is 16.0. The highest BCUT2D eigenvalue weighted by Gasteiger charge is 2.20. The third kappa shape index (κ3) is 5.47. The molecule has 29 heavy (non-hydrogen) atoms. The van der Waals surface area contributed by atoms with Crippen LogP contribution >= 0.6 is 0 Å². The zero-order valence-corrected chi connectivity index (χ0v) is 16.2. The van der Waals surface area contributed by atoms with E-state index in [0.717, 1.165) is 5.56 Å². The molecule has 2 aromatic carbocycles. The molecule has 1 aliphatic rings. The summed E-state index contributed by atoms with van der Waals surface area (Å²) in [5.74, 6) is -0.453. The number of nitrogens with one attached hydrogen (secondary N) is 2. The minimum absolute atomic E-state index is 0.339. The number of fused-ring (bicyclic) bond motifs is 1. The SMILES string of the molecule is Cc1cccc(C(=O)NCC(=O)O[C@H](C)C(=O)Nc2ccc3c(c2)OCCO3)c1. The van der Waals surface area contributed by atoms with Gasteiger partial charge in [-0.1, -0.05) is 17.7 Å². The van der Waals surface area contributed by atoms with Gasteiger partial charge < -0.3 is 24.8 Å². The molecule has 152 valence electrons. The van der Waals surface area contributed by atoms with Crippen LogP contribution in [0.15, 0.2) is 42.5 Å². The largest absolute Gasteiger partial charge is 0.486 e. The van der Waals surface area contributed by atoms with Crippen LogP contribution in [-0.4, -0.2) is 43.6 Å². The molecule has 2 aromatic rings. The van der Waals surface area contributed by atoms with Gasteiger partial charge >= 0.3 is 5.97 Å². The maximum Gasteiger partial charge on any atom is 0.326 e. The molecule has 2 amide bonds. The number of ether oxygens (including phenoxy) is 3. The lowest BCUT2D eigenvalue weighted by Gasteiger charge is -2.19. The van der Waals surface area contributed by atoms with Crippen LogP contribution in [0.25, 0.3) is 0 Å². The van der Waals surface area contributed by atoms with Gasteiger partial charge in [0.2, 0.25) is 0 Å². The van der Waals surface area contributed by atoms with E-state index in [-0.39, 0.29) is 12.5 Å². The molecule has 0 saturated carbocycles. The summed E-state index contributed by atoms with van der Waals surface area (Å²) in [6.07, 6.45) is -1.04. The van der Waals surface area contributed by atoms with Gasteiger partial charge in [-0.25, -0.2) is 0 Å². The standard InChI is InChI=1S/C21H22N2O6/c1-13-4-3-5-15(10-13)21(26)22-12-19(24)29-14(2)20(25)23-16-6-7-17-18(11-16)28-9-8-27-17/h3-7,10-11,14H,8-9,12H2,1-2H3,(H,22,26)(H,23,25)/t14-/m1/s1. The number of benzene rings is 2. The molecule has 1 atom stereocenters. The van der Waals surface area contributed by atoms with E-state index in [0.29, 0.717) is 36.0 Å². The predicted octanol–water partition coefficient (Wildman–Crippen LogP) is 2.07. The molecule has 0 radical (unpaired) electrons. The first-order valence-corrected chi connectivity index (χ1v) is 9.17. The van der Waals surface area contributed by atoms with Gasteiger partial charge in [0.25, 0.3) is 11.8 Å². The summed E-state index contributed by atoms with van der Waals surface area (Å²) in [6.45, 7) is 3.90. The highest BCUT2D eigenvalue weighted by atomic mass is 16.6. The molecule has 8 nitrogen and oxygen atoms in total. The van der Waals surface area contributed by atoms with Crippen molar-refractivity contribution in [3.8, 4) is 11.5 Å². The van der Waals surface area contributed by atoms with Gasteiger partial charge in [0.15, 0.2) is 17.6 Å². The fraction of sp³-hybridized carbons (Fsp3) is 0.286. The topological polar surface area (TPSA) is 103 Å². The Morgan fingerprint density at radius 1 is 1.07 bits per heavy atom. The van der Waals surface area contributed by atoms with Crippen LogP contribution in [0.3, 0.4) is 0 Å². The normalized spacial score (nSPS) is 13.2. The Kier molecular flexibility index (Phi) is 6.33. The van der Waals surface area contributed by atoms with Gasteiger partial charge in [-0.05, 0) is 38.1 Å². The van der Waals surface area contributed by atoms with Crippen molar-refractivity contribution in [3.63, 3.8) is 0 Å². The summed E-state index contributed by atoms with van der Waals surface area (Å²) in [7, 11) is 0. The van der Waals surface area contributed by atoms with Crippen LogP contribution in [0, 0.1) is 6.92 Å². The molecule has 0 saturated heterocycles. The van der Waals surface area contributed by atoms with Crippen molar-refractivity contribution in [1.29, 1.82) is 0 Å². The van der Waals surface area contributed by atoms with Crippen LogP contribution in [0.2, 0.25) is 0 Å². The van der Waals surface area contributed by atoms with Crippen LogP contribution in [0.4, 0.5) is 5.69 Å². The van der Waals surface area contributed by atoms with Gasteiger partial charge in [-0.15, -0.1) is 0 Å². The molecule has 1 aliphatic heterocycles. The Balaban J connectivity index is 1.47. The zero-order chi connectivity index (χ0) is 20.8. The van der Waals surface area contributed by atoms with Crippen molar-refractivity contribution < 1.29 is 28.6 Å². The van der Waals surface area contributed by atoms with Gasteiger partial charge in [0.1, 0.15) is 19.8 Å². The second kappa shape index (κ2) is 9.09. The quantitative estimate of drug-likeness (QED) is 0.722. The smallest absolute Gasteiger partial charge is 0.326 e. The average Bonchev–Trinajstić information content (AvgIpc) is 2.71. The highest BCUT2D eigenvalue weighted by molar-refractivity contribution is 5.97. The highest BCUT2D eigenvalue weighted by Crippen LogP contribution is 2.32. The minimum Gasteiger partial charge on any atom is -0.486 e. The average molecular weight is 398 g/mol. The number of rotatable bonds is 6. The number of esters is 1. The van der Waals surface area contributed by atoms with Crippen molar-refractivity contribution in [2.45, 2.75) is 20.0 Å². The van der Waals surface area contributed by atoms with E-state index in [2.05, 4.69) is 10.6 Å². The molecule has 3 rings (SSSR count). The molecule has 8 heteroatoms. The summed E-state index contributed by atoms with van der Waals surface area (Å²) in [4.78, 5) is 36.3. The van der Waals surface area contributed by atoms with E-state index in [1.54, 1.807) is 36.4 Å². The van der Waals surface area contributed by atoms with Crippen molar-refractivity contribution in [1.82, 2.24) is 5.32 Å². The third-order valence-corrected chi connectivity index (χ3v) is 4.16. The molecular weight excluding hydrogens is 376 g/mol. The molecule has 0 bridgehead atoms. The predicted molar refractivity (Wildman–Crippen MR) is 105 cm³/mol. The lowest BCUT2D eigenvalue weighted by atomic mass is 10.1. The van der Waals surface area contributed by atoms with Gasteiger partial charge in [0, 0.05) is 17.3 Å². The maximum atomic E-state index is 12.3. The van der Waals surface area contributed by atoms with E-state index < -0.39 is 18.0 Å². The molecule has 0 aromatic heterocycles. The fourth-order valence-corrected chi connectivity index (χ4v) is 2.70. The Morgan fingerprint density at radius 2 is 1.83 bits per heavy atom. The first-order chi connectivity index (χ1) is 13.9. The van der Waals surface area contributed by atoms with E-state index >= 15 is 0 Å². The van der Waals surface area contributed by atoms with Crippen LogP contribution < -0.4 is 20.1 Å². The molecule has 1 heterocycles. The Morgan fingerprint density at radius 3 is 2.59 bits per heavy atom. The summed E-state index contributed by atoms with van der Waals surface area (Å²) in [5.41, 5.74) is 1.88. The van der Waals surface area contributed by atoms with E-state index in [4.69, 9.17) is 14.2 Å². The molecule has 0 fully saturated rings. The minimum atomic E-state index is -1.04. The lowest BCUT2D eigenvalue weighted by Crippen LogP contribution is -2.35. The first-order valence-electron chi connectivity index (χ1n) is 9.17. The third-order valence-electron chi connectivity index (χ3n) is 4.16. The number of carbonyl (C=O) groups excluding carboxylic acids is 3. The summed E-state index contributed by atoms with van der Waals surface area (Å²) in [5, 5.41) is 5.13. The molecule has 0 unspecified atom stereocenters. The number of amides is 2. The zero-order valence-electron chi connectivity index (χ0n) is 16.2. The van der Waals surface area contributed by atoms with Crippen molar-refractivity contribution in [3.05, 3.63) is 53.6 Å². The number of aryl methyl sites for hydroxylation is 1. The molecule has 0 aliphatic carbocycles. The number of hydrogen-bond donors (Lipinski definition) is 2. The second-order valence-corrected chi connectivity index (χ2v) is 6.53. The number of hydrogen-bond acceptors (Lipinski definition) is 6.